The molecule has 0 spiro atoms. The van der Waals surface area contributed by atoms with Gasteiger partial charge in [0.25, 0.3) is 0 Å². The average Bonchev–Trinajstić information content (AvgIpc) is 2.43. The summed E-state index contributed by atoms with van der Waals surface area (Å²) in [6.45, 7) is 3.80. The van der Waals surface area contributed by atoms with Gasteiger partial charge in [0.1, 0.15) is 0 Å². The van der Waals surface area contributed by atoms with Gasteiger partial charge < -0.3 is 11.1 Å². The van der Waals surface area contributed by atoms with Crippen LogP contribution in [0.5, 0.6) is 0 Å². The number of nitrogens with one attached hydrogen (secondary N) is 1. The van der Waals surface area contributed by atoms with Crippen molar-refractivity contribution in [2.75, 3.05) is 25.0 Å². The summed E-state index contributed by atoms with van der Waals surface area (Å²) < 4.78 is 1.02. The number of nitrogens with two attached hydrogens (primary N) is 1. The second-order valence-electron chi connectivity index (χ2n) is 5.46. The second kappa shape index (κ2) is 7.04. The van der Waals surface area contributed by atoms with Crippen molar-refractivity contribution in [2.45, 2.75) is 19.8 Å². The van der Waals surface area contributed by atoms with Gasteiger partial charge >= 0.3 is 0 Å². The minimum Gasteiger partial charge on any atom is -0.369 e. The van der Waals surface area contributed by atoms with E-state index in [-0.39, 0.29) is 17.7 Å². The van der Waals surface area contributed by atoms with E-state index in [9.17, 15) is 9.59 Å². The van der Waals surface area contributed by atoms with E-state index < -0.39 is 0 Å². The predicted molar refractivity (Wildman–Crippen MR) is 85.9 cm³/mol. The third-order valence-corrected chi connectivity index (χ3v) is 4.69. The molecule has 114 valence electrons. The molecule has 2 rings (SSSR count). The van der Waals surface area contributed by atoms with Crippen LogP contribution in [0, 0.1) is 12.8 Å². The van der Waals surface area contributed by atoms with Gasteiger partial charge in [-0.25, -0.2) is 0 Å². The smallest absolute Gasteiger partial charge is 0.238 e. The first kappa shape index (κ1) is 16.0. The SMILES string of the molecule is Cc1cc(NC(=O)CN2CCC(C(N)=O)CC2)ccc1Br. The summed E-state index contributed by atoms with van der Waals surface area (Å²) >= 11 is 3.43. The molecule has 0 aromatic heterocycles. The molecule has 5 nitrogen and oxygen atoms in total. The number of benzene rings is 1. The highest BCUT2D eigenvalue weighted by Gasteiger charge is 2.24. The van der Waals surface area contributed by atoms with E-state index in [1.807, 2.05) is 25.1 Å². The summed E-state index contributed by atoms with van der Waals surface area (Å²) in [5.41, 5.74) is 7.18. The van der Waals surface area contributed by atoms with Gasteiger partial charge in [0.2, 0.25) is 11.8 Å². The number of nitrogens with zero attached hydrogens (tertiary/aromatic N) is 1. The van der Waals surface area contributed by atoms with E-state index in [0.717, 1.165) is 41.7 Å². The van der Waals surface area contributed by atoms with Crippen molar-refractivity contribution in [1.82, 2.24) is 4.90 Å². The Kier molecular flexibility index (Phi) is 5.36. The molecule has 1 aliphatic heterocycles. The summed E-state index contributed by atoms with van der Waals surface area (Å²) in [5, 5.41) is 2.90. The average molecular weight is 354 g/mol. The van der Waals surface area contributed by atoms with Gasteiger partial charge in [0.05, 0.1) is 6.54 Å². The lowest BCUT2D eigenvalue weighted by atomic mass is 9.96. The van der Waals surface area contributed by atoms with Gasteiger partial charge in [0.15, 0.2) is 0 Å². The van der Waals surface area contributed by atoms with E-state index in [1.54, 1.807) is 0 Å². The first-order valence-electron chi connectivity index (χ1n) is 7.03. The number of aryl methyl sites for hydroxylation is 1. The van der Waals surface area contributed by atoms with Gasteiger partial charge in [-0.1, -0.05) is 15.9 Å². The highest BCUT2D eigenvalue weighted by atomic mass is 79.9. The number of carbonyl (C=O) groups is 2. The Morgan fingerprint density at radius 1 is 1.38 bits per heavy atom. The lowest BCUT2D eigenvalue weighted by Crippen LogP contribution is -2.42. The molecule has 0 aliphatic carbocycles. The molecule has 21 heavy (non-hydrogen) atoms. The first-order valence-corrected chi connectivity index (χ1v) is 7.82. The Bertz CT molecular complexity index is 540. The number of anilines is 1. The van der Waals surface area contributed by atoms with Crippen molar-refractivity contribution in [2.24, 2.45) is 11.7 Å². The van der Waals surface area contributed by atoms with Crippen molar-refractivity contribution in [1.29, 1.82) is 0 Å². The Hall–Kier alpha value is -1.40. The number of likely N-dealkylation sites (tertiary alicyclic amines) is 1. The maximum atomic E-state index is 12.0. The minimum atomic E-state index is -0.232. The fourth-order valence-corrected chi connectivity index (χ4v) is 2.75. The second-order valence-corrected chi connectivity index (χ2v) is 6.32. The molecule has 0 radical (unpaired) electrons. The van der Waals surface area contributed by atoms with Crippen LogP contribution in [0.4, 0.5) is 5.69 Å². The molecule has 0 atom stereocenters. The molecule has 1 saturated heterocycles. The summed E-state index contributed by atoms with van der Waals surface area (Å²) in [7, 11) is 0. The fraction of sp³-hybridized carbons (Fsp3) is 0.467. The number of piperidine rings is 1. The minimum absolute atomic E-state index is 0.0331. The van der Waals surface area contributed by atoms with E-state index in [1.165, 1.54) is 0 Å². The van der Waals surface area contributed by atoms with Crippen molar-refractivity contribution in [3.63, 3.8) is 0 Å². The Morgan fingerprint density at radius 2 is 2.05 bits per heavy atom. The zero-order valence-corrected chi connectivity index (χ0v) is 13.6. The van der Waals surface area contributed by atoms with Gasteiger partial charge in [-0.05, 0) is 56.6 Å². The third kappa shape index (κ3) is 4.54. The van der Waals surface area contributed by atoms with Crippen LogP contribution in [0.15, 0.2) is 22.7 Å². The number of primary amides is 1. The Morgan fingerprint density at radius 3 is 2.62 bits per heavy atom. The zero-order chi connectivity index (χ0) is 15.4. The van der Waals surface area contributed by atoms with E-state index >= 15 is 0 Å². The number of carbonyl (C=O) groups excluding carboxylic acids is 2. The fourth-order valence-electron chi connectivity index (χ4n) is 2.50. The van der Waals surface area contributed by atoms with Gasteiger partial charge in [-0.15, -0.1) is 0 Å². The van der Waals surface area contributed by atoms with Gasteiger partial charge in [-0.3, -0.25) is 14.5 Å². The molecule has 1 fully saturated rings. The molecular weight excluding hydrogens is 334 g/mol. The molecule has 1 heterocycles. The lowest BCUT2D eigenvalue weighted by molar-refractivity contribution is -0.123. The van der Waals surface area contributed by atoms with Crippen LogP contribution in [-0.4, -0.2) is 36.3 Å². The molecular formula is C15H20BrN3O2. The molecule has 1 aliphatic rings. The summed E-state index contributed by atoms with van der Waals surface area (Å²) in [6.07, 6.45) is 1.47. The molecule has 0 saturated carbocycles. The summed E-state index contributed by atoms with van der Waals surface area (Å²) in [6, 6.07) is 5.72. The first-order chi connectivity index (χ1) is 9.95. The molecule has 0 bridgehead atoms. The van der Waals surface area contributed by atoms with Gasteiger partial charge in [0, 0.05) is 16.1 Å². The predicted octanol–water partition coefficient (Wildman–Crippen LogP) is 1.89. The van der Waals surface area contributed by atoms with E-state index in [2.05, 4.69) is 26.1 Å². The van der Waals surface area contributed by atoms with Crippen LogP contribution in [0.2, 0.25) is 0 Å². The van der Waals surface area contributed by atoms with Gasteiger partial charge in [-0.2, -0.15) is 0 Å². The van der Waals surface area contributed by atoms with Crippen molar-refractivity contribution in [3.05, 3.63) is 28.2 Å². The molecule has 6 heteroatoms. The van der Waals surface area contributed by atoms with Crippen molar-refractivity contribution < 1.29 is 9.59 Å². The Balaban J connectivity index is 1.82. The molecule has 1 aromatic carbocycles. The van der Waals surface area contributed by atoms with E-state index in [0.29, 0.717) is 6.54 Å². The maximum absolute atomic E-state index is 12.0. The third-order valence-electron chi connectivity index (χ3n) is 3.80. The molecule has 3 N–H and O–H groups in total. The lowest BCUT2D eigenvalue weighted by Gasteiger charge is -2.29. The molecule has 0 unspecified atom stereocenters. The summed E-state index contributed by atoms with van der Waals surface area (Å²) in [5.74, 6) is -0.308. The molecule has 1 aromatic rings. The van der Waals surface area contributed by atoms with Crippen LogP contribution in [0.1, 0.15) is 18.4 Å². The van der Waals surface area contributed by atoms with Crippen LogP contribution in [-0.2, 0) is 9.59 Å². The maximum Gasteiger partial charge on any atom is 0.238 e. The quantitative estimate of drug-likeness (QED) is 0.867. The van der Waals surface area contributed by atoms with Crippen LogP contribution >= 0.6 is 15.9 Å². The topological polar surface area (TPSA) is 75.4 Å². The largest absolute Gasteiger partial charge is 0.369 e. The Labute approximate surface area is 133 Å². The standard InChI is InChI=1S/C15H20BrN3O2/c1-10-8-12(2-3-13(10)16)18-14(20)9-19-6-4-11(5-7-19)15(17)21/h2-3,8,11H,4-7,9H2,1H3,(H2,17,21)(H,18,20). The number of amides is 2. The highest BCUT2D eigenvalue weighted by Crippen LogP contribution is 2.20. The van der Waals surface area contributed by atoms with Crippen LogP contribution in [0.25, 0.3) is 0 Å². The monoisotopic (exact) mass is 353 g/mol. The van der Waals surface area contributed by atoms with E-state index in [4.69, 9.17) is 5.73 Å². The summed E-state index contributed by atoms with van der Waals surface area (Å²) in [4.78, 5) is 25.2. The highest BCUT2D eigenvalue weighted by molar-refractivity contribution is 9.10. The number of hydrogen-bond acceptors (Lipinski definition) is 3. The number of halogens is 1. The number of rotatable bonds is 4. The molecule has 2 amide bonds. The normalized spacial score (nSPS) is 16.7. The van der Waals surface area contributed by atoms with Crippen molar-refractivity contribution in [3.8, 4) is 0 Å². The van der Waals surface area contributed by atoms with Crippen LogP contribution < -0.4 is 11.1 Å². The van der Waals surface area contributed by atoms with Crippen molar-refractivity contribution >= 4 is 33.4 Å². The zero-order valence-electron chi connectivity index (χ0n) is 12.1. The van der Waals surface area contributed by atoms with Crippen LogP contribution in [0.3, 0.4) is 0 Å². The number of hydrogen-bond donors (Lipinski definition) is 2.